The second-order valence-electron chi connectivity index (χ2n) is 7.14. The number of aromatic nitrogens is 9. The maximum atomic E-state index is 10.7. The number of oxazole rings is 1. The van der Waals surface area contributed by atoms with E-state index in [-0.39, 0.29) is 16.3 Å². The Bertz CT molecular complexity index is 1430. The molecule has 202 valence electrons. The third-order valence-corrected chi connectivity index (χ3v) is 5.49. The maximum Gasteiger partial charge on any atom is 0.436 e. The largest absolute Gasteiger partial charge is 0.436 e. The Kier molecular flexibility index (Phi) is 12.5. The monoisotopic (exact) mass is 555 g/mol. The summed E-state index contributed by atoms with van der Waals surface area (Å²) in [7, 11) is 12.1. The van der Waals surface area contributed by atoms with Crippen molar-refractivity contribution < 1.29 is 8.83 Å². The number of imidazole rings is 2. The van der Waals surface area contributed by atoms with E-state index in [2.05, 4.69) is 19.0 Å². The second kappa shape index (κ2) is 15.0. The van der Waals surface area contributed by atoms with Crippen LogP contribution in [0.5, 0.6) is 0 Å². The van der Waals surface area contributed by atoms with Gasteiger partial charge >= 0.3 is 22.1 Å². The summed E-state index contributed by atoms with van der Waals surface area (Å²) >= 11 is 6.05. The van der Waals surface area contributed by atoms with Crippen molar-refractivity contribution in [1.29, 1.82) is 0 Å². The van der Waals surface area contributed by atoms with Crippen LogP contribution in [0.4, 0.5) is 0 Å². The molecule has 0 aliphatic heterocycles. The summed E-state index contributed by atoms with van der Waals surface area (Å²) in [5, 5.41) is 7.09. The van der Waals surface area contributed by atoms with Crippen molar-refractivity contribution in [2.75, 3.05) is 0 Å². The molecule has 0 aromatic carbocycles. The van der Waals surface area contributed by atoms with E-state index in [4.69, 9.17) is 12.2 Å². The Hall–Kier alpha value is -4.25. The van der Waals surface area contributed by atoms with Gasteiger partial charge < -0.3 is 27.1 Å². The first kappa shape index (κ1) is 30.8. The molecule has 0 N–H and O–H groups in total. The van der Waals surface area contributed by atoms with Gasteiger partial charge in [-0.2, -0.15) is 9.78 Å². The molecular weight excluding hydrogens is 526 g/mol. The fraction of sp³-hybridized carbons (Fsp3) is 0.350. The van der Waals surface area contributed by atoms with Crippen LogP contribution in [0.3, 0.4) is 0 Å². The smallest absolute Gasteiger partial charge is 0.416 e. The molecule has 0 bridgehead atoms. The predicted molar refractivity (Wildman–Crippen MR) is 139 cm³/mol. The Morgan fingerprint density at radius 3 is 1.35 bits per heavy atom. The molecule has 0 spiro atoms. The lowest BCUT2D eigenvalue weighted by atomic mass is 10.9. The molecule has 0 saturated heterocycles. The molecule has 0 fully saturated rings. The average Bonchev–Trinajstić information content (AvgIpc) is 3.67. The van der Waals surface area contributed by atoms with Crippen LogP contribution in [0.15, 0.2) is 77.2 Å². The van der Waals surface area contributed by atoms with Gasteiger partial charge in [-0.3, -0.25) is 9.36 Å². The summed E-state index contributed by atoms with van der Waals surface area (Å²) in [6.45, 7) is 0. The lowest BCUT2D eigenvalue weighted by molar-refractivity contribution is 0.494. The highest BCUT2D eigenvalue weighted by Gasteiger charge is 1.89. The van der Waals surface area contributed by atoms with Crippen LogP contribution in [0.25, 0.3) is 0 Å². The van der Waals surface area contributed by atoms with Gasteiger partial charge in [-0.05, 0) is 12.2 Å². The van der Waals surface area contributed by atoms with E-state index in [9.17, 15) is 19.2 Å². The molecule has 5 aromatic heterocycles. The molecule has 5 heterocycles. The van der Waals surface area contributed by atoms with E-state index in [0.29, 0.717) is 0 Å². The van der Waals surface area contributed by atoms with Crippen LogP contribution in [0.2, 0.25) is 0 Å². The van der Waals surface area contributed by atoms with Crippen molar-refractivity contribution >= 4 is 23.6 Å². The van der Waals surface area contributed by atoms with Gasteiger partial charge in [-0.1, -0.05) is 11.3 Å². The van der Waals surface area contributed by atoms with Crippen LogP contribution in [-0.4, -0.2) is 42.4 Å². The quantitative estimate of drug-likeness (QED) is 0.240. The zero-order valence-electron chi connectivity index (χ0n) is 21.4. The van der Waals surface area contributed by atoms with Crippen molar-refractivity contribution in [3.05, 3.63) is 95.2 Å². The normalized spacial score (nSPS) is 9.49. The summed E-state index contributed by atoms with van der Waals surface area (Å²) in [5.74, 6) is -0.750. The minimum absolute atomic E-state index is 0.0139. The summed E-state index contributed by atoms with van der Waals surface area (Å²) in [6, 6.07) is 0. The number of nitrogens with zero attached hydrogens (tertiary/aromatic N) is 9. The highest BCUT2D eigenvalue weighted by molar-refractivity contribution is 7.71. The molecule has 37 heavy (non-hydrogen) atoms. The van der Waals surface area contributed by atoms with Gasteiger partial charge in [-0.25, -0.2) is 19.1 Å². The number of hydrogen-bond acceptors (Lipinski definition) is 10. The van der Waals surface area contributed by atoms with Gasteiger partial charge in [0.1, 0.15) is 11.8 Å². The second-order valence-corrected chi connectivity index (χ2v) is 8.30. The van der Waals surface area contributed by atoms with Gasteiger partial charge in [0.05, 0.1) is 0 Å². The molecule has 0 amide bonds. The molecule has 0 saturated carbocycles. The summed E-state index contributed by atoms with van der Waals surface area (Å²) in [6.07, 6.45) is 11.3. The number of hydrogen-bond donors (Lipinski definition) is 0. The third kappa shape index (κ3) is 10.5. The Balaban J connectivity index is 0.000000232. The van der Waals surface area contributed by atoms with Crippen LogP contribution < -0.4 is 22.1 Å². The van der Waals surface area contributed by atoms with Gasteiger partial charge in [0.2, 0.25) is 6.39 Å². The Morgan fingerprint density at radius 2 is 1.22 bits per heavy atom. The third-order valence-electron chi connectivity index (χ3n) is 4.25. The van der Waals surface area contributed by atoms with Crippen molar-refractivity contribution in [1.82, 2.24) is 42.4 Å². The van der Waals surface area contributed by atoms with E-state index < -0.39 is 5.76 Å². The van der Waals surface area contributed by atoms with Crippen molar-refractivity contribution in [2.45, 2.75) is 0 Å². The molecule has 0 radical (unpaired) electrons. The summed E-state index contributed by atoms with van der Waals surface area (Å²) in [5.41, 5.74) is 1.53. The highest BCUT2D eigenvalue weighted by atomic mass is 32.1. The van der Waals surface area contributed by atoms with E-state index in [1.807, 2.05) is 35.6 Å². The first-order valence-corrected chi connectivity index (χ1v) is 11.5. The van der Waals surface area contributed by atoms with Gasteiger partial charge in [0.25, 0.3) is 0 Å². The molecular formula is C20H29N9O6S2. The first-order chi connectivity index (χ1) is 17.3. The standard InChI is InChI=1S/C5H8N2O.C5H8N2S.C4H5NO2.C3H4N2O2.C3H4N2OS/c2*1-6-3-4-7(2)5(6)8;1-5-2-3-7-4(5)6;2*1-5-3(6)7-2-4-5/h2*3-4H,1-2H3;2-3H,1H3;2*2H,1H3. The topological polar surface area (TPSA) is 155 Å². The van der Waals surface area contributed by atoms with Crippen LogP contribution in [-0.2, 0) is 49.3 Å². The van der Waals surface area contributed by atoms with Crippen LogP contribution in [0.1, 0.15) is 0 Å². The van der Waals surface area contributed by atoms with Crippen LogP contribution in [0, 0.1) is 4.77 Å². The lowest BCUT2D eigenvalue weighted by Gasteiger charge is -1.86. The predicted octanol–water partition coefficient (Wildman–Crippen LogP) is 0.0103. The van der Waals surface area contributed by atoms with Crippen molar-refractivity contribution in [3.63, 3.8) is 0 Å². The zero-order chi connectivity index (χ0) is 28.1. The van der Waals surface area contributed by atoms with Gasteiger partial charge in [0.15, 0.2) is 4.77 Å². The first-order valence-electron chi connectivity index (χ1n) is 10.2. The molecule has 0 unspecified atom stereocenters. The number of aryl methyl sites for hydroxylation is 7. The van der Waals surface area contributed by atoms with Crippen molar-refractivity contribution in [2.24, 2.45) is 49.3 Å². The molecule has 5 aromatic rings. The molecule has 0 atom stereocenters. The number of rotatable bonds is 0. The molecule has 0 aliphatic carbocycles. The molecule has 5 rings (SSSR count). The van der Waals surface area contributed by atoms with Crippen molar-refractivity contribution in [3.8, 4) is 0 Å². The molecule has 0 aliphatic rings. The van der Waals surface area contributed by atoms with E-state index >= 15 is 0 Å². The minimum atomic E-state index is -0.431. The Morgan fingerprint density at radius 1 is 0.676 bits per heavy atom. The fourth-order valence-corrected chi connectivity index (χ4v) is 2.60. The van der Waals surface area contributed by atoms with Crippen LogP contribution >= 0.6 is 23.6 Å². The highest BCUT2D eigenvalue weighted by Crippen LogP contribution is 1.88. The summed E-state index contributed by atoms with van der Waals surface area (Å²) in [4.78, 5) is 41.4. The maximum absolute atomic E-state index is 10.7. The fourth-order valence-electron chi connectivity index (χ4n) is 2.00. The Labute approximate surface area is 219 Å². The molecule has 17 heteroatoms. The van der Waals surface area contributed by atoms with Gasteiger partial charge in [0, 0.05) is 80.3 Å². The van der Waals surface area contributed by atoms with Gasteiger partial charge in [-0.15, -0.1) is 5.10 Å². The van der Waals surface area contributed by atoms with E-state index in [1.54, 1.807) is 46.8 Å². The minimum Gasteiger partial charge on any atom is -0.416 e. The zero-order valence-corrected chi connectivity index (χ0v) is 23.0. The SMILES string of the molecule is Cn1ccn(C)c1=O.Cn1ccn(C)c1=S.Cn1ccoc1=O.Cn1ncoc1=O.Cn1ncsc1=O. The lowest BCUT2D eigenvalue weighted by Crippen LogP contribution is -2.18. The average molecular weight is 556 g/mol. The van der Waals surface area contributed by atoms with E-state index in [0.717, 1.165) is 27.2 Å². The van der Waals surface area contributed by atoms with E-state index in [1.165, 1.54) is 37.2 Å². The molecule has 15 nitrogen and oxygen atoms in total. The summed E-state index contributed by atoms with van der Waals surface area (Å²) < 4.78 is 20.1.